The topological polar surface area (TPSA) is 33.7 Å². The molecule has 3 atom stereocenters. The smallest absolute Gasteiger partial charge is 0.200 e. The zero-order valence-corrected chi connectivity index (χ0v) is 23.3. The van der Waals surface area contributed by atoms with E-state index >= 15 is 4.39 Å². The number of hydrogen-bond acceptors (Lipinski definition) is 4. The van der Waals surface area contributed by atoms with Crippen LogP contribution in [0.2, 0.25) is 21.6 Å². The fraction of sp³-hybridized carbons (Fsp3) is 0.769. The summed E-state index contributed by atoms with van der Waals surface area (Å²) in [6.07, 6.45) is 4.79. The number of piperazine rings is 1. The van der Waals surface area contributed by atoms with Crippen LogP contribution in [0.4, 0.5) is 10.1 Å². The molecule has 0 bridgehead atoms. The Balaban J connectivity index is 1.68. The maximum absolute atomic E-state index is 15.1. The van der Waals surface area contributed by atoms with Crippen LogP contribution in [-0.4, -0.2) is 46.2 Å². The Morgan fingerprint density at radius 3 is 2.30 bits per heavy atom. The molecule has 0 aromatic heterocycles. The van der Waals surface area contributed by atoms with Crippen molar-refractivity contribution in [3.8, 4) is 5.75 Å². The molecule has 0 radical (unpaired) electrons. The second-order valence-electron chi connectivity index (χ2n) is 10.9. The number of benzene rings is 1. The summed E-state index contributed by atoms with van der Waals surface area (Å²) in [6, 6.07) is 4.70. The molecule has 0 spiro atoms. The van der Waals surface area contributed by atoms with E-state index in [1.807, 2.05) is 6.07 Å². The number of ether oxygens (including phenoxy) is 1. The van der Waals surface area contributed by atoms with E-state index in [9.17, 15) is 0 Å². The predicted molar refractivity (Wildman–Crippen MR) is 140 cm³/mol. The van der Waals surface area contributed by atoms with Crippen LogP contribution in [0.1, 0.15) is 74.1 Å². The number of anilines is 1. The summed E-state index contributed by atoms with van der Waals surface area (Å²) in [5, 5.41) is 4.06. The van der Waals surface area contributed by atoms with Crippen LogP contribution in [0.25, 0.3) is 0 Å². The Labute approximate surface area is 206 Å². The van der Waals surface area contributed by atoms with E-state index in [1.165, 1.54) is 19.3 Å². The molecule has 188 valence electrons. The van der Waals surface area contributed by atoms with E-state index < -0.39 is 14.1 Å². The molecule has 1 N–H and O–H groups in total. The molecule has 0 amide bonds. The summed E-state index contributed by atoms with van der Waals surface area (Å²) >= 11 is 6.55. The lowest BCUT2D eigenvalue weighted by atomic mass is 9.86. The molecular weight excluding hydrogens is 455 g/mol. The maximum Gasteiger partial charge on any atom is 0.200 e. The monoisotopic (exact) mass is 498 g/mol. The van der Waals surface area contributed by atoms with Crippen LogP contribution in [-0.2, 0) is 4.43 Å². The van der Waals surface area contributed by atoms with Crippen molar-refractivity contribution in [3.05, 3.63) is 23.0 Å². The van der Waals surface area contributed by atoms with Gasteiger partial charge in [-0.3, -0.25) is 0 Å². The molecule has 1 aliphatic carbocycles. The summed E-state index contributed by atoms with van der Waals surface area (Å²) in [6.45, 7) is 17.4. The van der Waals surface area contributed by atoms with E-state index in [4.69, 9.17) is 20.8 Å². The van der Waals surface area contributed by atoms with Crippen LogP contribution in [0, 0.1) is 5.82 Å². The fourth-order valence-corrected chi connectivity index (χ4v) is 12.2. The van der Waals surface area contributed by atoms with Gasteiger partial charge in [-0.1, -0.05) is 66.0 Å². The van der Waals surface area contributed by atoms with Gasteiger partial charge in [0.2, 0.25) is 0 Å². The van der Waals surface area contributed by atoms with Gasteiger partial charge in [0.1, 0.15) is 6.61 Å². The third kappa shape index (κ3) is 5.71. The van der Waals surface area contributed by atoms with Crippen molar-refractivity contribution in [2.24, 2.45) is 0 Å². The van der Waals surface area contributed by atoms with Crippen molar-refractivity contribution in [3.63, 3.8) is 0 Å². The summed E-state index contributed by atoms with van der Waals surface area (Å²) in [4.78, 5) is 2.35. The lowest BCUT2D eigenvalue weighted by molar-refractivity contribution is 0.194. The van der Waals surface area contributed by atoms with Crippen LogP contribution < -0.4 is 15.0 Å². The van der Waals surface area contributed by atoms with Crippen molar-refractivity contribution in [2.75, 3.05) is 24.7 Å². The van der Waals surface area contributed by atoms with Gasteiger partial charge < -0.3 is 19.4 Å². The maximum atomic E-state index is 15.1. The number of hydrogen-bond donors (Lipinski definition) is 1. The molecular formula is C26H44ClFN2O2Si. The largest absolute Gasteiger partial charge is 0.487 e. The second-order valence-corrected chi connectivity index (χ2v) is 16.8. The Morgan fingerprint density at radius 2 is 1.70 bits per heavy atom. The molecule has 2 fully saturated rings. The predicted octanol–water partition coefficient (Wildman–Crippen LogP) is 7.16. The van der Waals surface area contributed by atoms with Crippen LogP contribution in [0.15, 0.2) is 12.1 Å². The fourth-order valence-electron chi connectivity index (χ4n) is 6.54. The average Bonchev–Trinajstić information content (AvgIpc) is 2.73. The van der Waals surface area contributed by atoms with Crippen molar-refractivity contribution >= 4 is 25.6 Å². The normalized spacial score (nSPS) is 24.0. The number of fused-ring (bicyclic) bond motifs is 1. The highest BCUT2D eigenvalue weighted by atomic mass is 35.5. The first kappa shape index (κ1) is 26.8. The number of rotatable bonds is 9. The van der Waals surface area contributed by atoms with Crippen molar-refractivity contribution in [1.82, 2.24) is 5.32 Å². The van der Waals surface area contributed by atoms with Crippen molar-refractivity contribution in [1.29, 1.82) is 0 Å². The van der Waals surface area contributed by atoms with Crippen molar-refractivity contribution in [2.45, 2.75) is 109 Å². The average molecular weight is 499 g/mol. The Kier molecular flexibility index (Phi) is 9.15. The SMILES string of the molecule is CC(C)[Si](OCCOc1c(F)cc(N2C[C@@H](C)N[C@H]3CCCC[C@@H]32)cc1Cl)(C(C)C)C(C)C. The van der Waals surface area contributed by atoms with E-state index in [0.717, 1.165) is 18.7 Å². The van der Waals surface area contributed by atoms with Gasteiger partial charge in [0, 0.05) is 36.4 Å². The molecule has 2 aliphatic rings. The third-order valence-corrected chi connectivity index (χ3v) is 14.2. The van der Waals surface area contributed by atoms with Gasteiger partial charge in [0.15, 0.2) is 19.9 Å². The lowest BCUT2D eigenvalue weighted by Crippen LogP contribution is -2.62. The van der Waals surface area contributed by atoms with Gasteiger partial charge in [0.05, 0.1) is 11.6 Å². The Morgan fingerprint density at radius 1 is 1.06 bits per heavy atom. The molecule has 1 aromatic carbocycles. The molecule has 1 saturated heterocycles. The van der Waals surface area contributed by atoms with E-state index in [-0.39, 0.29) is 5.75 Å². The van der Waals surface area contributed by atoms with Crippen LogP contribution in [0.5, 0.6) is 5.75 Å². The highest BCUT2D eigenvalue weighted by Gasteiger charge is 2.45. The van der Waals surface area contributed by atoms with Gasteiger partial charge >= 0.3 is 0 Å². The summed E-state index contributed by atoms with van der Waals surface area (Å²) in [7, 11) is -1.97. The molecule has 4 nitrogen and oxygen atoms in total. The highest BCUT2D eigenvalue weighted by molar-refractivity contribution is 6.77. The first-order valence-electron chi connectivity index (χ1n) is 12.9. The standard InChI is InChI=1S/C26H44ClFN2O2Si/c1-17(2)33(18(3)4,19(5)6)32-13-12-31-26-22(27)14-21(15-23(26)28)30-16-20(7)29-24-10-8-9-11-25(24)30/h14-15,17-20,24-25,29H,8-13,16H2,1-7H3/t20-,24+,25+/m1/s1. The highest BCUT2D eigenvalue weighted by Crippen LogP contribution is 2.42. The van der Waals surface area contributed by atoms with Crippen LogP contribution >= 0.6 is 11.6 Å². The van der Waals surface area contributed by atoms with E-state index in [1.54, 1.807) is 6.07 Å². The summed E-state index contributed by atoms with van der Waals surface area (Å²) in [5.41, 5.74) is 2.36. The Hall–Kier alpha value is -0.823. The van der Waals surface area contributed by atoms with Gasteiger partial charge in [-0.15, -0.1) is 0 Å². The molecule has 1 saturated carbocycles. The van der Waals surface area contributed by atoms with Gasteiger partial charge in [-0.25, -0.2) is 4.39 Å². The molecule has 7 heteroatoms. The lowest BCUT2D eigenvalue weighted by Gasteiger charge is -2.48. The minimum absolute atomic E-state index is 0.137. The van der Waals surface area contributed by atoms with Gasteiger partial charge in [-0.2, -0.15) is 0 Å². The van der Waals surface area contributed by atoms with Crippen molar-refractivity contribution < 1.29 is 13.6 Å². The van der Waals surface area contributed by atoms with Crippen LogP contribution in [0.3, 0.4) is 0 Å². The molecule has 1 heterocycles. The zero-order chi connectivity index (χ0) is 24.3. The number of nitrogens with zero attached hydrogens (tertiary/aromatic N) is 1. The Bertz CT molecular complexity index is 747. The number of halogens is 2. The zero-order valence-electron chi connectivity index (χ0n) is 21.6. The molecule has 3 rings (SSSR count). The quantitative estimate of drug-likeness (QED) is 0.289. The summed E-state index contributed by atoms with van der Waals surface area (Å²) in [5.74, 6) is -0.255. The summed E-state index contributed by atoms with van der Waals surface area (Å²) < 4.78 is 27.5. The third-order valence-electron chi connectivity index (χ3n) is 7.80. The first-order valence-corrected chi connectivity index (χ1v) is 15.4. The van der Waals surface area contributed by atoms with Gasteiger partial charge in [0.25, 0.3) is 0 Å². The minimum Gasteiger partial charge on any atom is -0.487 e. The molecule has 1 aromatic rings. The van der Waals surface area contributed by atoms with E-state index in [0.29, 0.717) is 53.0 Å². The number of nitrogens with one attached hydrogen (secondary N) is 1. The minimum atomic E-state index is -1.97. The van der Waals surface area contributed by atoms with E-state index in [2.05, 4.69) is 58.7 Å². The molecule has 0 unspecified atom stereocenters. The van der Waals surface area contributed by atoms with Gasteiger partial charge in [-0.05, 0) is 42.5 Å². The first-order chi connectivity index (χ1) is 15.6. The molecule has 33 heavy (non-hydrogen) atoms. The second kappa shape index (κ2) is 11.3. The molecule has 1 aliphatic heterocycles.